The van der Waals surface area contributed by atoms with Crippen LogP contribution in [0.3, 0.4) is 0 Å². The van der Waals surface area contributed by atoms with Crippen LogP contribution in [0, 0.1) is 11.7 Å². The molecule has 1 atom stereocenters. The van der Waals surface area contributed by atoms with E-state index >= 15 is 0 Å². The van der Waals surface area contributed by atoms with Gasteiger partial charge in [0.25, 0.3) is 0 Å². The van der Waals surface area contributed by atoms with Crippen molar-refractivity contribution in [1.29, 1.82) is 0 Å². The van der Waals surface area contributed by atoms with Crippen molar-refractivity contribution in [3.8, 4) is 5.75 Å². The highest BCUT2D eigenvalue weighted by atomic mass is 35.5. The highest BCUT2D eigenvalue weighted by molar-refractivity contribution is 6.30. The van der Waals surface area contributed by atoms with E-state index in [0.29, 0.717) is 30.1 Å². The van der Waals surface area contributed by atoms with Crippen LogP contribution in [0.5, 0.6) is 5.75 Å². The van der Waals surface area contributed by atoms with Gasteiger partial charge in [-0.25, -0.2) is 4.39 Å². The Morgan fingerprint density at radius 3 is 2.79 bits per heavy atom. The number of benzene rings is 2. The minimum atomic E-state index is -0.568. The SMILES string of the molecule is COc1ccc(C(=O)C2CCCN(C(=O)/C=C/c3cccc(Cl)c3)C2)cc1F. The summed E-state index contributed by atoms with van der Waals surface area (Å²) in [6.07, 6.45) is 4.60. The molecule has 1 heterocycles. The Bertz CT molecular complexity index is 912. The van der Waals surface area contributed by atoms with E-state index in [1.165, 1.54) is 25.3 Å². The molecule has 3 rings (SSSR count). The molecule has 2 aromatic carbocycles. The first-order valence-electron chi connectivity index (χ1n) is 9.08. The lowest BCUT2D eigenvalue weighted by atomic mass is 9.90. The molecule has 0 bridgehead atoms. The van der Waals surface area contributed by atoms with E-state index in [1.807, 2.05) is 12.1 Å². The summed E-state index contributed by atoms with van der Waals surface area (Å²) in [6, 6.07) is 11.4. The predicted octanol–water partition coefficient (Wildman–Crippen LogP) is 4.62. The van der Waals surface area contributed by atoms with Crippen LogP contribution in [-0.4, -0.2) is 36.8 Å². The smallest absolute Gasteiger partial charge is 0.246 e. The van der Waals surface area contributed by atoms with Gasteiger partial charge in [-0.3, -0.25) is 9.59 Å². The van der Waals surface area contributed by atoms with Gasteiger partial charge in [-0.05, 0) is 54.8 Å². The average molecular weight is 402 g/mol. The van der Waals surface area contributed by atoms with Crippen molar-refractivity contribution in [3.63, 3.8) is 0 Å². The predicted molar refractivity (Wildman–Crippen MR) is 107 cm³/mol. The van der Waals surface area contributed by atoms with Crippen LogP contribution in [0.2, 0.25) is 5.02 Å². The highest BCUT2D eigenvalue weighted by Gasteiger charge is 2.28. The second-order valence-electron chi connectivity index (χ2n) is 6.73. The number of nitrogens with zero attached hydrogens (tertiary/aromatic N) is 1. The molecule has 0 aromatic heterocycles. The normalized spacial score (nSPS) is 17.0. The molecule has 146 valence electrons. The summed E-state index contributed by atoms with van der Waals surface area (Å²) in [4.78, 5) is 26.9. The van der Waals surface area contributed by atoms with Crippen molar-refractivity contribution in [2.24, 2.45) is 5.92 Å². The third-order valence-electron chi connectivity index (χ3n) is 4.81. The van der Waals surface area contributed by atoms with Crippen molar-refractivity contribution in [2.75, 3.05) is 20.2 Å². The number of likely N-dealkylation sites (tertiary alicyclic amines) is 1. The second-order valence-corrected chi connectivity index (χ2v) is 7.16. The Kier molecular flexibility index (Phi) is 6.47. The molecular weight excluding hydrogens is 381 g/mol. The lowest BCUT2D eigenvalue weighted by Crippen LogP contribution is -2.41. The molecule has 0 radical (unpaired) electrons. The standard InChI is InChI=1S/C22H21ClFNO3/c1-28-20-9-8-16(13-19(20)24)22(27)17-5-3-11-25(14-17)21(26)10-7-15-4-2-6-18(23)12-15/h2,4,6-10,12-13,17H,3,5,11,14H2,1H3/b10-7+. The third kappa shape index (κ3) is 4.78. The fraction of sp³-hybridized carbons (Fsp3) is 0.273. The van der Waals surface area contributed by atoms with Crippen LogP contribution >= 0.6 is 11.6 Å². The molecule has 1 aliphatic heterocycles. The molecule has 0 spiro atoms. The molecule has 1 amide bonds. The lowest BCUT2D eigenvalue weighted by molar-refractivity contribution is -0.127. The Labute approximate surface area is 168 Å². The number of ketones is 1. The van der Waals surface area contributed by atoms with Gasteiger partial charge in [0.05, 0.1) is 7.11 Å². The number of hydrogen-bond donors (Lipinski definition) is 0. The second kappa shape index (κ2) is 9.02. The minimum absolute atomic E-state index is 0.100. The fourth-order valence-corrected chi connectivity index (χ4v) is 3.53. The van der Waals surface area contributed by atoms with Gasteiger partial charge in [0.2, 0.25) is 5.91 Å². The topological polar surface area (TPSA) is 46.6 Å². The number of methoxy groups -OCH3 is 1. The quantitative estimate of drug-likeness (QED) is 0.542. The largest absolute Gasteiger partial charge is 0.494 e. The van der Waals surface area contributed by atoms with Crippen LogP contribution in [0.25, 0.3) is 6.08 Å². The number of hydrogen-bond acceptors (Lipinski definition) is 3. The number of carbonyl (C=O) groups is 2. The number of ether oxygens (including phenoxy) is 1. The molecule has 1 aliphatic rings. The van der Waals surface area contributed by atoms with Crippen molar-refractivity contribution in [3.05, 3.63) is 70.5 Å². The number of piperidine rings is 1. The summed E-state index contributed by atoms with van der Waals surface area (Å²) < 4.78 is 18.8. The molecule has 4 nitrogen and oxygen atoms in total. The first kappa shape index (κ1) is 20.1. The van der Waals surface area contributed by atoms with Gasteiger partial charge < -0.3 is 9.64 Å². The molecule has 0 saturated carbocycles. The third-order valence-corrected chi connectivity index (χ3v) is 5.04. The van der Waals surface area contributed by atoms with Gasteiger partial charge in [-0.1, -0.05) is 23.7 Å². The Morgan fingerprint density at radius 1 is 1.25 bits per heavy atom. The molecule has 0 aliphatic carbocycles. The zero-order valence-corrected chi connectivity index (χ0v) is 16.3. The van der Waals surface area contributed by atoms with Crippen LogP contribution in [0.1, 0.15) is 28.8 Å². The molecule has 2 aromatic rings. The van der Waals surface area contributed by atoms with Crippen LogP contribution in [-0.2, 0) is 4.79 Å². The molecule has 0 N–H and O–H groups in total. The van der Waals surface area contributed by atoms with Crippen LogP contribution < -0.4 is 4.74 Å². The van der Waals surface area contributed by atoms with Gasteiger partial charge in [-0.2, -0.15) is 0 Å². The Hall–Kier alpha value is -2.66. The van der Waals surface area contributed by atoms with Crippen molar-refractivity contribution in [2.45, 2.75) is 12.8 Å². The summed E-state index contributed by atoms with van der Waals surface area (Å²) in [7, 11) is 1.38. The maximum Gasteiger partial charge on any atom is 0.246 e. The summed E-state index contributed by atoms with van der Waals surface area (Å²) in [5, 5.41) is 0.602. The zero-order valence-electron chi connectivity index (χ0n) is 15.5. The molecular formula is C22H21ClFNO3. The zero-order chi connectivity index (χ0) is 20.1. The molecule has 28 heavy (non-hydrogen) atoms. The first-order valence-corrected chi connectivity index (χ1v) is 9.46. The summed E-state index contributed by atoms with van der Waals surface area (Å²) >= 11 is 5.95. The molecule has 1 fully saturated rings. The van der Waals surface area contributed by atoms with Crippen LogP contribution in [0.15, 0.2) is 48.5 Å². The Morgan fingerprint density at radius 2 is 2.07 bits per heavy atom. The number of halogens is 2. The van der Waals surface area contributed by atoms with E-state index in [4.69, 9.17) is 16.3 Å². The van der Waals surface area contributed by atoms with E-state index in [2.05, 4.69) is 0 Å². The molecule has 6 heteroatoms. The maximum atomic E-state index is 13.9. The Balaban J connectivity index is 1.67. The van der Waals surface area contributed by atoms with Crippen molar-refractivity contribution >= 4 is 29.4 Å². The van der Waals surface area contributed by atoms with E-state index in [9.17, 15) is 14.0 Å². The summed E-state index contributed by atoms with van der Waals surface area (Å²) in [5.41, 5.74) is 1.13. The van der Waals surface area contributed by atoms with E-state index < -0.39 is 5.82 Å². The summed E-state index contributed by atoms with van der Waals surface area (Å²) in [5.74, 6) is -1.12. The monoisotopic (exact) mass is 401 g/mol. The number of amides is 1. The van der Waals surface area contributed by atoms with Gasteiger partial charge in [0.1, 0.15) is 0 Å². The molecule has 1 unspecified atom stereocenters. The van der Waals surface area contributed by atoms with Crippen LogP contribution in [0.4, 0.5) is 4.39 Å². The lowest BCUT2D eigenvalue weighted by Gasteiger charge is -2.31. The van der Waals surface area contributed by atoms with Gasteiger partial charge in [-0.15, -0.1) is 0 Å². The van der Waals surface area contributed by atoms with Gasteiger partial charge >= 0.3 is 0 Å². The number of rotatable bonds is 5. The van der Waals surface area contributed by atoms with E-state index in [0.717, 1.165) is 12.0 Å². The van der Waals surface area contributed by atoms with Gasteiger partial charge in [0, 0.05) is 35.7 Å². The van der Waals surface area contributed by atoms with Crippen molar-refractivity contribution < 1.29 is 18.7 Å². The maximum absolute atomic E-state index is 13.9. The number of Topliss-reactive ketones (excluding diaryl/α,β-unsaturated/α-hetero) is 1. The van der Waals surface area contributed by atoms with E-state index in [1.54, 1.807) is 29.2 Å². The minimum Gasteiger partial charge on any atom is -0.494 e. The fourth-order valence-electron chi connectivity index (χ4n) is 3.33. The van der Waals surface area contributed by atoms with Crippen molar-refractivity contribution in [1.82, 2.24) is 4.90 Å². The van der Waals surface area contributed by atoms with E-state index in [-0.39, 0.29) is 23.4 Å². The van der Waals surface area contributed by atoms with Gasteiger partial charge in [0.15, 0.2) is 17.3 Å². The number of carbonyl (C=O) groups excluding carboxylic acids is 2. The average Bonchev–Trinajstić information content (AvgIpc) is 2.71. The molecule has 1 saturated heterocycles. The summed E-state index contributed by atoms with van der Waals surface area (Å²) in [6.45, 7) is 0.921. The first-order chi connectivity index (χ1) is 13.5. The highest BCUT2D eigenvalue weighted by Crippen LogP contribution is 2.24.